The first kappa shape index (κ1) is 13.2. The molecule has 0 atom stereocenters. The number of para-hydroxylation sites is 1. The number of benzene rings is 2. The van der Waals surface area contributed by atoms with Gasteiger partial charge in [0, 0.05) is 9.58 Å². The highest BCUT2D eigenvalue weighted by atomic mass is 32.1. The number of hydrogen-bond acceptors (Lipinski definition) is 4. The summed E-state index contributed by atoms with van der Waals surface area (Å²) in [5.41, 5.74) is 0.505. The van der Waals surface area contributed by atoms with Gasteiger partial charge in [-0.1, -0.05) is 30.3 Å². The summed E-state index contributed by atoms with van der Waals surface area (Å²) in [6.07, 6.45) is 0. The highest BCUT2D eigenvalue weighted by molar-refractivity contribution is 7.19. The lowest BCUT2D eigenvalue weighted by atomic mass is 9.80. The maximum Gasteiger partial charge on any atom is 0.488 e. The smallest absolute Gasteiger partial charge is 0.488 e. The molecular formula is C15H13BO3S. The molecule has 100 valence electrons. The van der Waals surface area contributed by atoms with Crippen molar-refractivity contribution in [2.24, 2.45) is 0 Å². The van der Waals surface area contributed by atoms with Crippen molar-refractivity contribution >= 4 is 34.0 Å². The summed E-state index contributed by atoms with van der Waals surface area (Å²) in [6, 6.07) is 17.1. The molecule has 0 aliphatic heterocycles. The van der Waals surface area contributed by atoms with E-state index in [0.717, 1.165) is 20.7 Å². The minimum atomic E-state index is -1.43. The molecule has 3 aromatic rings. The Kier molecular flexibility index (Phi) is 3.73. The van der Waals surface area contributed by atoms with Crippen LogP contribution >= 0.6 is 11.3 Å². The van der Waals surface area contributed by atoms with Crippen molar-refractivity contribution in [2.75, 3.05) is 0 Å². The summed E-state index contributed by atoms with van der Waals surface area (Å²) in [7, 11) is -1.43. The van der Waals surface area contributed by atoms with Crippen molar-refractivity contribution in [1.29, 1.82) is 0 Å². The highest BCUT2D eigenvalue weighted by Crippen LogP contribution is 2.26. The number of fused-ring (bicyclic) bond motifs is 1. The van der Waals surface area contributed by atoms with Crippen molar-refractivity contribution in [3.63, 3.8) is 0 Å². The maximum atomic E-state index is 9.18. The molecule has 0 unspecified atom stereocenters. The largest absolute Gasteiger partial charge is 0.488 e. The monoisotopic (exact) mass is 284 g/mol. The van der Waals surface area contributed by atoms with Crippen LogP contribution in [0.2, 0.25) is 0 Å². The molecule has 2 N–H and O–H groups in total. The van der Waals surface area contributed by atoms with Crippen LogP contribution in [0.4, 0.5) is 0 Å². The van der Waals surface area contributed by atoms with Gasteiger partial charge in [-0.15, -0.1) is 11.3 Å². The van der Waals surface area contributed by atoms with Gasteiger partial charge in [0.25, 0.3) is 0 Å². The van der Waals surface area contributed by atoms with Gasteiger partial charge in [-0.3, -0.25) is 0 Å². The fourth-order valence-electron chi connectivity index (χ4n) is 2.02. The van der Waals surface area contributed by atoms with Crippen molar-refractivity contribution < 1.29 is 14.8 Å². The maximum absolute atomic E-state index is 9.18. The van der Waals surface area contributed by atoms with Crippen molar-refractivity contribution in [2.45, 2.75) is 6.61 Å². The zero-order valence-corrected chi connectivity index (χ0v) is 11.5. The predicted octanol–water partition coefficient (Wildman–Crippen LogP) is 2.16. The molecule has 3 nitrogen and oxygen atoms in total. The number of thiophene rings is 1. The second-order valence-corrected chi connectivity index (χ2v) is 5.65. The van der Waals surface area contributed by atoms with Crippen LogP contribution in [0, 0.1) is 0 Å². The molecule has 0 aliphatic rings. The Hall–Kier alpha value is -1.82. The molecular weight excluding hydrogens is 271 g/mol. The van der Waals surface area contributed by atoms with E-state index in [4.69, 9.17) is 4.74 Å². The molecule has 0 radical (unpaired) electrons. The molecule has 0 aliphatic carbocycles. The Bertz CT molecular complexity index is 709. The lowest BCUT2D eigenvalue weighted by molar-refractivity contribution is 0.310. The molecule has 5 heteroatoms. The van der Waals surface area contributed by atoms with Gasteiger partial charge < -0.3 is 14.8 Å². The van der Waals surface area contributed by atoms with E-state index in [0.29, 0.717) is 12.1 Å². The number of ether oxygens (including phenoxy) is 1. The van der Waals surface area contributed by atoms with Crippen LogP contribution in [-0.4, -0.2) is 17.2 Å². The third kappa shape index (κ3) is 2.85. The van der Waals surface area contributed by atoms with Gasteiger partial charge in [0.05, 0.1) is 0 Å². The second kappa shape index (κ2) is 5.67. The van der Waals surface area contributed by atoms with Gasteiger partial charge in [-0.2, -0.15) is 0 Å². The number of rotatable bonds is 4. The molecule has 0 amide bonds. The summed E-state index contributed by atoms with van der Waals surface area (Å²) in [5.74, 6) is 0.844. The van der Waals surface area contributed by atoms with Crippen molar-refractivity contribution in [1.82, 2.24) is 0 Å². The van der Waals surface area contributed by atoms with E-state index in [9.17, 15) is 10.0 Å². The van der Waals surface area contributed by atoms with Crippen LogP contribution in [0.3, 0.4) is 0 Å². The van der Waals surface area contributed by atoms with Gasteiger partial charge in [0.2, 0.25) is 0 Å². The Labute approximate surface area is 121 Å². The van der Waals surface area contributed by atoms with Crippen molar-refractivity contribution in [3.8, 4) is 5.75 Å². The van der Waals surface area contributed by atoms with Gasteiger partial charge >= 0.3 is 7.12 Å². The molecule has 0 saturated heterocycles. The van der Waals surface area contributed by atoms with E-state index >= 15 is 0 Å². The summed E-state index contributed by atoms with van der Waals surface area (Å²) in [5, 5.41) is 19.4. The van der Waals surface area contributed by atoms with Gasteiger partial charge in [-0.05, 0) is 35.1 Å². The summed E-state index contributed by atoms with van der Waals surface area (Å²) in [4.78, 5) is 1.11. The molecule has 20 heavy (non-hydrogen) atoms. The van der Waals surface area contributed by atoms with Crippen LogP contribution < -0.4 is 10.2 Å². The molecule has 3 rings (SSSR count). The zero-order chi connectivity index (χ0) is 13.9. The first-order valence-corrected chi connectivity index (χ1v) is 7.10. The summed E-state index contributed by atoms with van der Waals surface area (Å²) < 4.78 is 6.82. The topological polar surface area (TPSA) is 49.7 Å². The lowest BCUT2D eigenvalue weighted by Crippen LogP contribution is -2.29. The number of hydrogen-bond donors (Lipinski definition) is 2. The third-order valence-electron chi connectivity index (χ3n) is 3.01. The fraction of sp³-hybridized carbons (Fsp3) is 0.0667. The van der Waals surface area contributed by atoms with E-state index in [2.05, 4.69) is 0 Å². The van der Waals surface area contributed by atoms with Crippen LogP contribution in [0.15, 0.2) is 54.6 Å². The minimum Gasteiger partial charge on any atom is -0.488 e. The van der Waals surface area contributed by atoms with Crippen molar-refractivity contribution in [3.05, 3.63) is 59.5 Å². The fourth-order valence-corrected chi connectivity index (χ4v) is 2.98. The summed E-state index contributed by atoms with van der Waals surface area (Å²) >= 11 is 1.65. The standard InChI is InChI=1S/C15H13BO3S/c17-16(18)12-6-7-15-11(8-12)9-14(20-15)10-19-13-4-2-1-3-5-13/h1-9,17-18H,10H2. The minimum absolute atomic E-state index is 0.505. The molecule has 0 saturated carbocycles. The van der Waals surface area contributed by atoms with Crippen LogP contribution in [0.1, 0.15) is 4.88 Å². The third-order valence-corrected chi connectivity index (χ3v) is 4.10. The first-order chi connectivity index (χ1) is 9.72. The lowest BCUT2D eigenvalue weighted by Gasteiger charge is -2.02. The SMILES string of the molecule is OB(O)c1ccc2sc(COc3ccccc3)cc2c1. The Balaban J connectivity index is 1.79. The van der Waals surface area contributed by atoms with E-state index in [1.807, 2.05) is 42.5 Å². The molecule has 0 spiro atoms. The van der Waals surface area contributed by atoms with Gasteiger partial charge in [0.15, 0.2) is 0 Å². The van der Waals surface area contributed by atoms with E-state index in [-0.39, 0.29) is 0 Å². The van der Waals surface area contributed by atoms with E-state index in [1.165, 1.54) is 0 Å². The van der Waals surface area contributed by atoms with Gasteiger partial charge in [0.1, 0.15) is 12.4 Å². The van der Waals surface area contributed by atoms with Gasteiger partial charge in [-0.25, -0.2) is 0 Å². The molecule has 0 fully saturated rings. The normalized spacial score (nSPS) is 10.7. The molecule has 1 heterocycles. The Morgan fingerprint density at radius 2 is 1.80 bits per heavy atom. The molecule has 1 aromatic heterocycles. The first-order valence-electron chi connectivity index (χ1n) is 6.29. The molecule has 2 aromatic carbocycles. The average Bonchev–Trinajstić information content (AvgIpc) is 2.88. The van der Waals surface area contributed by atoms with Crippen LogP contribution in [-0.2, 0) is 6.61 Å². The predicted molar refractivity (Wildman–Crippen MR) is 82.4 cm³/mol. The highest BCUT2D eigenvalue weighted by Gasteiger charge is 2.12. The van der Waals surface area contributed by atoms with E-state index < -0.39 is 7.12 Å². The van der Waals surface area contributed by atoms with Crippen LogP contribution in [0.5, 0.6) is 5.75 Å². The second-order valence-electron chi connectivity index (χ2n) is 4.49. The molecule has 0 bridgehead atoms. The van der Waals surface area contributed by atoms with Crippen LogP contribution in [0.25, 0.3) is 10.1 Å². The van der Waals surface area contributed by atoms with E-state index in [1.54, 1.807) is 23.5 Å². The Morgan fingerprint density at radius 1 is 1.00 bits per heavy atom. The Morgan fingerprint density at radius 3 is 2.55 bits per heavy atom. The zero-order valence-electron chi connectivity index (χ0n) is 10.7. The quantitative estimate of drug-likeness (QED) is 0.722. The summed E-state index contributed by atoms with van der Waals surface area (Å²) in [6.45, 7) is 0.514. The average molecular weight is 284 g/mol.